The molecule has 1 N–H and O–H groups in total. The molecular weight excluding hydrogens is 251 g/mol. The van der Waals surface area contributed by atoms with Crippen molar-refractivity contribution in [1.82, 2.24) is 5.32 Å². The maximum atomic E-state index is 11.9. The predicted molar refractivity (Wildman–Crippen MR) is 58.7 cm³/mol. The first kappa shape index (κ1) is 16.7. The normalized spacial score (nSPS) is 14.8. The van der Waals surface area contributed by atoms with Gasteiger partial charge in [-0.1, -0.05) is 13.8 Å². The number of hydrogen-bond donors (Lipinski definition) is 1. The van der Waals surface area contributed by atoms with Gasteiger partial charge in [0.1, 0.15) is 0 Å². The minimum atomic E-state index is -4.93. The lowest BCUT2D eigenvalue weighted by Gasteiger charge is -2.18. The van der Waals surface area contributed by atoms with Gasteiger partial charge < -0.3 is 10.1 Å². The van der Waals surface area contributed by atoms with Crippen molar-refractivity contribution in [1.29, 1.82) is 0 Å². The number of carbonyl (C=O) groups excluding carboxylic acids is 2. The second kappa shape index (κ2) is 7.23. The number of ether oxygens (including phenoxy) is 1. The van der Waals surface area contributed by atoms with Crippen LogP contribution in [0.1, 0.15) is 33.6 Å². The minimum absolute atomic E-state index is 0.287. The third-order valence-corrected chi connectivity index (χ3v) is 2.48. The van der Waals surface area contributed by atoms with Crippen LogP contribution in [0.4, 0.5) is 13.2 Å². The van der Waals surface area contributed by atoms with E-state index < -0.39 is 24.0 Å². The molecule has 1 amide bonds. The Balaban J connectivity index is 4.27. The fraction of sp³-hybridized carbons (Fsp3) is 0.818. The van der Waals surface area contributed by atoms with Crippen molar-refractivity contribution in [3.8, 4) is 0 Å². The van der Waals surface area contributed by atoms with Crippen LogP contribution in [0.3, 0.4) is 0 Å². The number of halogens is 3. The lowest BCUT2D eigenvalue weighted by Crippen LogP contribution is -2.41. The molecule has 0 aliphatic heterocycles. The number of amides is 1. The summed E-state index contributed by atoms with van der Waals surface area (Å²) < 4.78 is 40.8. The molecule has 0 heterocycles. The van der Waals surface area contributed by atoms with Crippen LogP contribution in [-0.4, -0.2) is 30.7 Å². The van der Waals surface area contributed by atoms with Gasteiger partial charge in [-0.25, -0.2) is 0 Å². The Kier molecular flexibility index (Phi) is 6.72. The fourth-order valence-corrected chi connectivity index (χ4v) is 1.09. The molecule has 0 spiro atoms. The quantitative estimate of drug-likeness (QED) is 0.751. The molecule has 0 aromatic carbocycles. The van der Waals surface area contributed by atoms with Crippen LogP contribution in [0.15, 0.2) is 0 Å². The summed E-state index contributed by atoms with van der Waals surface area (Å²) in [7, 11) is 0. The molecule has 0 rings (SSSR count). The van der Waals surface area contributed by atoms with Crippen LogP contribution >= 0.6 is 0 Å². The van der Waals surface area contributed by atoms with E-state index in [1.165, 1.54) is 0 Å². The molecular formula is C11H18F3NO3. The summed E-state index contributed by atoms with van der Waals surface area (Å²) >= 11 is 0. The van der Waals surface area contributed by atoms with Gasteiger partial charge in [-0.15, -0.1) is 0 Å². The molecule has 0 bridgehead atoms. The van der Waals surface area contributed by atoms with E-state index >= 15 is 0 Å². The summed E-state index contributed by atoms with van der Waals surface area (Å²) in [5.41, 5.74) is 0. The summed E-state index contributed by atoms with van der Waals surface area (Å²) in [6.07, 6.45) is -4.30. The van der Waals surface area contributed by atoms with Gasteiger partial charge in [0.05, 0.1) is 12.0 Å². The second-order valence-electron chi connectivity index (χ2n) is 3.97. The van der Waals surface area contributed by atoms with Crippen molar-refractivity contribution in [2.45, 2.75) is 45.9 Å². The number of rotatable bonds is 6. The Morgan fingerprint density at radius 2 is 1.78 bits per heavy atom. The average Bonchev–Trinajstić information content (AvgIpc) is 2.27. The van der Waals surface area contributed by atoms with E-state index in [0.717, 1.165) is 0 Å². The van der Waals surface area contributed by atoms with Crippen LogP contribution < -0.4 is 5.32 Å². The lowest BCUT2D eigenvalue weighted by atomic mass is 10.1. The molecule has 4 nitrogen and oxygen atoms in total. The molecule has 0 aliphatic rings. The Morgan fingerprint density at radius 3 is 2.17 bits per heavy atom. The highest BCUT2D eigenvalue weighted by atomic mass is 19.4. The molecule has 0 saturated heterocycles. The zero-order valence-electron chi connectivity index (χ0n) is 10.6. The maximum Gasteiger partial charge on any atom is 0.471 e. The molecule has 0 fully saturated rings. The van der Waals surface area contributed by atoms with Crippen LogP contribution in [-0.2, 0) is 14.3 Å². The fourth-order valence-electron chi connectivity index (χ4n) is 1.09. The van der Waals surface area contributed by atoms with Gasteiger partial charge in [-0.2, -0.15) is 13.2 Å². The molecule has 0 radical (unpaired) electrons. The van der Waals surface area contributed by atoms with E-state index in [1.807, 2.05) is 6.92 Å². The molecule has 0 aromatic heterocycles. The minimum Gasteiger partial charge on any atom is -0.462 e. The third kappa shape index (κ3) is 5.88. The summed E-state index contributed by atoms with van der Waals surface area (Å²) in [6, 6.07) is 0. The van der Waals surface area contributed by atoms with Crippen molar-refractivity contribution >= 4 is 11.9 Å². The van der Waals surface area contributed by atoms with Crippen molar-refractivity contribution in [3.63, 3.8) is 0 Å². The van der Waals surface area contributed by atoms with E-state index in [0.29, 0.717) is 12.8 Å². The summed E-state index contributed by atoms with van der Waals surface area (Å²) in [5, 5.41) is 1.68. The van der Waals surface area contributed by atoms with Crippen molar-refractivity contribution in [2.75, 3.05) is 6.54 Å². The summed E-state index contributed by atoms with van der Waals surface area (Å²) in [4.78, 5) is 22.1. The highest BCUT2D eigenvalue weighted by Crippen LogP contribution is 2.15. The Bertz CT molecular complexity index is 292. The first-order valence-corrected chi connectivity index (χ1v) is 5.77. The summed E-state index contributed by atoms with van der Waals surface area (Å²) in [6.45, 7) is 4.79. The monoisotopic (exact) mass is 269 g/mol. The van der Waals surface area contributed by atoms with Crippen molar-refractivity contribution < 1.29 is 27.5 Å². The molecule has 0 saturated carbocycles. The zero-order valence-corrected chi connectivity index (χ0v) is 10.6. The predicted octanol–water partition coefficient (Wildman–Crippen LogP) is 2.03. The molecule has 0 aliphatic carbocycles. The van der Waals surface area contributed by atoms with E-state index in [1.54, 1.807) is 19.2 Å². The van der Waals surface area contributed by atoms with E-state index in [9.17, 15) is 22.8 Å². The third-order valence-electron chi connectivity index (χ3n) is 2.48. The van der Waals surface area contributed by atoms with Gasteiger partial charge in [0.25, 0.3) is 0 Å². The maximum absolute atomic E-state index is 11.9. The molecule has 0 aromatic rings. The number of carbonyl (C=O) groups is 2. The van der Waals surface area contributed by atoms with Gasteiger partial charge in [0.15, 0.2) is 0 Å². The van der Waals surface area contributed by atoms with Gasteiger partial charge in [0, 0.05) is 6.54 Å². The van der Waals surface area contributed by atoms with Gasteiger partial charge in [-0.3, -0.25) is 9.59 Å². The first-order valence-electron chi connectivity index (χ1n) is 5.77. The van der Waals surface area contributed by atoms with Crippen LogP contribution in [0.2, 0.25) is 0 Å². The van der Waals surface area contributed by atoms with Crippen LogP contribution in [0, 0.1) is 5.92 Å². The number of nitrogens with one attached hydrogen (secondary N) is 1. The van der Waals surface area contributed by atoms with E-state index in [-0.39, 0.29) is 12.6 Å². The van der Waals surface area contributed by atoms with Crippen molar-refractivity contribution in [2.24, 2.45) is 5.92 Å². The molecule has 2 atom stereocenters. The van der Waals surface area contributed by atoms with E-state index in [4.69, 9.17) is 4.74 Å². The molecule has 2 unspecified atom stereocenters. The number of hydrogen-bond acceptors (Lipinski definition) is 3. The highest BCUT2D eigenvalue weighted by Gasteiger charge is 2.39. The van der Waals surface area contributed by atoms with Gasteiger partial charge in [0.2, 0.25) is 0 Å². The largest absolute Gasteiger partial charge is 0.471 e. The molecule has 7 heteroatoms. The first-order chi connectivity index (χ1) is 8.22. The Labute approximate surface area is 104 Å². The lowest BCUT2D eigenvalue weighted by molar-refractivity contribution is -0.174. The van der Waals surface area contributed by atoms with Gasteiger partial charge >= 0.3 is 18.1 Å². The van der Waals surface area contributed by atoms with Crippen LogP contribution in [0.5, 0.6) is 0 Å². The molecule has 18 heavy (non-hydrogen) atoms. The highest BCUT2D eigenvalue weighted by molar-refractivity contribution is 5.82. The SMILES string of the molecule is CCC(C)OC(=O)C(CC)CNC(=O)C(F)(F)F. The average molecular weight is 269 g/mol. The Hall–Kier alpha value is -1.27. The van der Waals surface area contributed by atoms with Crippen molar-refractivity contribution in [3.05, 3.63) is 0 Å². The number of alkyl halides is 3. The summed E-state index contributed by atoms with van der Waals surface area (Å²) in [5.74, 6) is -3.39. The molecule has 106 valence electrons. The van der Waals surface area contributed by atoms with Crippen LogP contribution in [0.25, 0.3) is 0 Å². The number of esters is 1. The smallest absolute Gasteiger partial charge is 0.462 e. The standard InChI is InChI=1S/C11H18F3NO3/c1-4-7(3)18-9(16)8(5-2)6-15-10(17)11(12,13)14/h7-8H,4-6H2,1-3H3,(H,15,17). The van der Waals surface area contributed by atoms with Gasteiger partial charge in [-0.05, 0) is 19.8 Å². The topological polar surface area (TPSA) is 55.4 Å². The zero-order chi connectivity index (χ0) is 14.3. The Morgan fingerprint density at radius 1 is 1.22 bits per heavy atom. The van der Waals surface area contributed by atoms with E-state index in [2.05, 4.69) is 0 Å². The second-order valence-corrected chi connectivity index (χ2v) is 3.97.